The maximum atomic E-state index is 11.5. The molecular formula is C23H33NO4S. The van der Waals surface area contributed by atoms with E-state index >= 15 is 0 Å². The first-order valence-corrected chi connectivity index (χ1v) is 11.5. The van der Waals surface area contributed by atoms with E-state index in [1.165, 1.54) is 55.4 Å². The van der Waals surface area contributed by atoms with Crippen molar-refractivity contribution >= 4 is 17.3 Å². The number of aromatic nitrogens is 1. The van der Waals surface area contributed by atoms with Crippen LogP contribution in [0.5, 0.6) is 5.75 Å². The van der Waals surface area contributed by atoms with Crippen molar-refractivity contribution in [2.75, 3.05) is 13.2 Å². The van der Waals surface area contributed by atoms with Gasteiger partial charge in [0, 0.05) is 5.38 Å². The third kappa shape index (κ3) is 8.96. The topological polar surface area (TPSA) is 68.7 Å². The lowest BCUT2D eigenvalue weighted by molar-refractivity contribution is -0.142. The van der Waals surface area contributed by atoms with Gasteiger partial charge in [0.15, 0.2) is 0 Å². The van der Waals surface area contributed by atoms with E-state index in [-0.39, 0.29) is 19.0 Å². The van der Waals surface area contributed by atoms with Crippen LogP contribution in [-0.4, -0.2) is 29.3 Å². The molecule has 2 rings (SSSR count). The van der Waals surface area contributed by atoms with Gasteiger partial charge in [-0.3, -0.25) is 4.79 Å². The SMILES string of the molecule is CCCCCCCCc1ccc(OCC(O)c2nc(CC(=O)OCC)cs2)cc1. The molecular weight excluding hydrogens is 386 g/mol. The average molecular weight is 420 g/mol. The lowest BCUT2D eigenvalue weighted by Gasteiger charge is -2.11. The number of carbonyl (C=O) groups excluding carboxylic acids is 1. The minimum Gasteiger partial charge on any atom is -0.490 e. The number of rotatable bonds is 14. The van der Waals surface area contributed by atoms with Crippen LogP contribution in [0.1, 0.15) is 74.7 Å². The fraction of sp³-hybridized carbons (Fsp3) is 0.565. The zero-order chi connectivity index (χ0) is 20.9. The van der Waals surface area contributed by atoms with Gasteiger partial charge in [0.25, 0.3) is 0 Å². The second-order valence-corrected chi connectivity index (χ2v) is 8.04. The molecule has 29 heavy (non-hydrogen) atoms. The van der Waals surface area contributed by atoms with Crippen molar-refractivity contribution in [1.82, 2.24) is 4.98 Å². The summed E-state index contributed by atoms with van der Waals surface area (Å²) >= 11 is 1.32. The minimum atomic E-state index is -0.821. The highest BCUT2D eigenvalue weighted by molar-refractivity contribution is 7.09. The number of nitrogens with zero attached hydrogens (tertiary/aromatic N) is 1. The molecule has 1 atom stereocenters. The van der Waals surface area contributed by atoms with Crippen LogP contribution in [0.25, 0.3) is 0 Å². The highest BCUT2D eigenvalue weighted by Crippen LogP contribution is 2.21. The molecule has 0 spiro atoms. The fourth-order valence-electron chi connectivity index (χ4n) is 3.03. The molecule has 0 amide bonds. The van der Waals surface area contributed by atoms with Crippen molar-refractivity contribution in [2.24, 2.45) is 0 Å². The molecule has 1 N–H and O–H groups in total. The van der Waals surface area contributed by atoms with Gasteiger partial charge < -0.3 is 14.6 Å². The van der Waals surface area contributed by atoms with Crippen molar-refractivity contribution in [2.45, 2.75) is 71.3 Å². The Hall–Kier alpha value is -1.92. The fourth-order valence-corrected chi connectivity index (χ4v) is 3.81. The normalized spacial score (nSPS) is 12.0. The van der Waals surface area contributed by atoms with Gasteiger partial charge in [-0.25, -0.2) is 4.98 Å². The molecule has 160 valence electrons. The Morgan fingerprint density at radius 3 is 2.55 bits per heavy atom. The first-order chi connectivity index (χ1) is 14.1. The molecule has 1 unspecified atom stereocenters. The van der Waals surface area contributed by atoms with Crippen molar-refractivity contribution in [3.05, 3.63) is 45.9 Å². The Balaban J connectivity index is 1.71. The van der Waals surface area contributed by atoms with Crippen LogP contribution in [0, 0.1) is 0 Å². The lowest BCUT2D eigenvalue weighted by Crippen LogP contribution is -2.11. The van der Waals surface area contributed by atoms with Crippen LogP contribution in [0.3, 0.4) is 0 Å². The maximum Gasteiger partial charge on any atom is 0.311 e. The second-order valence-electron chi connectivity index (χ2n) is 7.15. The van der Waals surface area contributed by atoms with Gasteiger partial charge in [0.05, 0.1) is 18.7 Å². The van der Waals surface area contributed by atoms with Crippen molar-refractivity contribution < 1.29 is 19.4 Å². The summed E-state index contributed by atoms with van der Waals surface area (Å²) in [6.07, 6.45) is 8.20. The van der Waals surface area contributed by atoms with Gasteiger partial charge in [0.1, 0.15) is 23.5 Å². The first-order valence-electron chi connectivity index (χ1n) is 10.6. The number of esters is 1. The van der Waals surface area contributed by atoms with E-state index in [9.17, 15) is 9.90 Å². The van der Waals surface area contributed by atoms with Gasteiger partial charge in [-0.15, -0.1) is 11.3 Å². The van der Waals surface area contributed by atoms with Crippen LogP contribution >= 0.6 is 11.3 Å². The summed E-state index contributed by atoms with van der Waals surface area (Å²) in [6, 6.07) is 8.09. The number of aliphatic hydroxyl groups excluding tert-OH is 1. The molecule has 6 heteroatoms. The number of hydrogen-bond donors (Lipinski definition) is 1. The third-order valence-corrected chi connectivity index (χ3v) is 5.63. The van der Waals surface area contributed by atoms with Gasteiger partial charge in [0.2, 0.25) is 0 Å². The average Bonchev–Trinajstić information content (AvgIpc) is 3.18. The summed E-state index contributed by atoms with van der Waals surface area (Å²) in [4.78, 5) is 15.8. The number of aliphatic hydroxyl groups is 1. The highest BCUT2D eigenvalue weighted by atomic mass is 32.1. The predicted molar refractivity (Wildman–Crippen MR) is 116 cm³/mol. The number of thiazole rings is 1. The minimum absolute atomic E-state index is 0.123. The summed E-state index contributed by atoms with van der Waals surface area (Å²) < 4.78 is 10.6. The lowest BCUT2D eigenvalue weighted by atomic mass is 10.0. The molecule has 1 heterocycles. The maximum absolute atomic E-state index is 11.5. The number of carbonyl (C=O) groups is 1. The third-order valence-electron chi connectivity index (χ3n) is 4.64. The Morgan fingerprint density at radius 2 is 1.83 bits per heavy atom. The summed E-state index contributed by atoms with van der Waals surface area (Å²) in [7, 11) is 0. The quantitative estimate of drug-likeness (QED) is 0.334. The van der Waals surface area contributed by atoms with Gasteiger partial charge in [-0.2, -0.15) is 0 Å². The van der Waals surface area contributed by atoms with E-state index in [4.69, 9.17) is 9.47 Å². The molecule has 0 saturated carbocycles. The molecule has 1 aromatic carbocycles. The highest BCUT2D eigenvalue weighted by Gasteiger charge is 2.15. The number of hydrogen-bond acceptors (Lipinski definition) is 6. The van der Waals surface area contributed by atoms with Crippen molar-refractivity contribution in [1.29, 1.82) is 0 Å². The second kappa shape index (κ2) is 13.3. The molecule has 0 fully saturated rings. The molecule has 0 aliphatic heterocycles. The Kier molecular flexibility index (Phi) is 10.7. The largest absolute Gasteiger partial charge is 0.490 e. The van der Waals surface area contributed by atoms with Crippen LogP contribution in [0.2, 0.25) is 0 Å². The molecule has 0 saturated heterocycles. The summed E-state index contributed by atoms with van der Waals surface area (Å²) in [6.45, 7) is 4.49. The monoisotopic (exact) mass is 419 g/mol. The number of aryl methyl sites for hydroxylation is 1. The molecule has 1 aromatic heterocycles. The molecule has 0 aliphatic rings. The molecule has 5 nitrogen and oxygen atoms in total. The van der Waals surface area contributed by atoms with E-state index in [2.05, 4.69) is 24.0 Å². The Labute approximate surface area is 178 Å². The molecule has 0 radical (unpaired) electrons. The Morgan fingerprint density at radius 1 is 1.10 bits per heavy atom. The van der Waals surface area contributed by atoms with Gasteiger partial charge >= 0.3 is 5.97 Å². The van der Waals surface area contributed by atoms with Crippen LogP contribution in [0.15, 0.2) is 29.6 Å². The zero-order valence-electron chi connectivity index (χ0n) is 17.6. The summed E-state index contributed by atoms with van der Waals surface area (Å²) in [5.41, 5.74) is 1.93. The smallest absolute Gasteiger partial charge is 0.311 e. The van der Waals surface area contributed by atoms with Gasteiger partial charge in [-0.05, 0) is 37.5 Å². The van der Waals surface area contributed by atoms with E-state index in [1.54, 1.807) is 12.3 Å². The van der Waals surface area contributed by atoms with Crippen molar-refractivity contribution in [3.8, 4) is 5.75 Å². The van der Waals surface area contributed by atoms with Gasteiger partial charge in [-0.1, -0.05) is 51.2 Å². The summed E-state index contributed by atoms with van der Waals surface area (Å²) in [5.74, 6) is 0.426. The van der Waals surface area contributed by atoms with Crippen LogP contribution in [-0.2, 0) is 22.4 Å². The molecule has 2 aromatic rings. The van der Waals surface area contributed by atoms with Crippen LogP contribution < -0.4 is 4.74 Å². The number of ether oxygens (including phenoxy) is 2. The van der Waals surface area contributed by atoms with E-state index in [1.807, 2.05) is 12.1 Å². The Bertz CT molecular complexity index is 714. The number of unbranched alkanes of at least 4 members (excludes halogenated alkanes) is 5. The standard InChI is InChI=1S/C23H33NO4S/c1-3-5-6-7-8-9-10-18-11-13-20(14-12-18)28-16-21(25)23-24-19(17-29-23)15-22(26)27-4-2/h11-14,17,21,25H,3-10,15-16H2,1-2H3. The first kappa shape index (κ1) is 23.4. The van der Waals surface area contributed by atoms with Crippen LogP contribution in [0.4, 0.5) is 0 Å². The van der Waals surface area contributed by atoms with E-state index in [0.717, 1.165) is 12.2 Å². The molecule has 0 bridgehead atoms. The zero-order valence-corrected chi connectivity index (χ0v) is 18.4. The molecule has 0 aliphatic carbocycles. The number of benzene rings is 1. The van der Waals surface area contributed by atoms with E-state index in [0.29, 0.717) is 17.3 Å². The van der Waals surface area contributed by atoms with E-state index < -0.39 is 6.10 Å². The van der Waals surface area contributed by atoms with Crippen molar-refractivity contribution in [3.63, 3.8) is 0 Å². The summed E-state index contributed by atoms with van der Waals surface area (Å²) in [5, 5.41) is 12.6. The predicted octanol–water partition coefficient (Wildman–Crippen LogP) is 5.26.